The number of benzene rings is 1. The summed E-state index contributed by atoms with van der Waals surface area (Å²) in [5.41, 5.74) is 3.75. The van der Waals surface area contributed by atoms with Crippen LogP contribution in [0.25, 0.3) is 0 Å². The summed E-state index contributed by atoms with van der Waals surface area (Å²) in [7, 11) is 2.04. The van der Waals surface area contributed by atoms with E-state index in [0.717, 1.165) is 23.9 Å². The van der Waals surface area contributed by atoms with Gasteiger partial charge in [0, 0.05) is 13.6 Å². The van der Waals surface area contributed by atoms with Crippen LogP contribution in [0, 0.1) is 25.2 Å². The van der Waals surface area contributed by atoms with Crippen molar-refractivity contribution >= 4 is 12.0 Å². The van der Waals surface area contributed by atoms with Crippen LogP contribution in [-0.2, 0) is 0 Å². The van der Waals surface area contributed by atoms with E-state index >= 15 is 0 Å². The van der Waals surface area contributed by atoms with Gasteiger partial charge in [0.2, 0.25) is 0 Å². The molecule has 3 nitrogen and oxygen atoms in total. The number of aliphatic imine (C=N–C) groups is 1. The van der Waals surface area contributed by atoms with Crippen molar-refractivity contribution in [3.05, 3.63) is 23.3 Å². The van der Waals surface area contributed by atoms with Gasteiger partial charge in [-0.2, -0.15) is 0 Å². The van der Waals surface area contributed by atoms with Crippen molar-refractivity contribution in [3.8, 4) is 5.75 Å². The second-order valence-corrected chi connectivity index (χ2v) is 8.69. The highest BCUT2D eigenvalue weighted by atomic mass is 16.5. The molecule has 0 radical (unpaired) electrons. The fraction of sp³-hybridized carbons (Fsp3) is 0.682. The van der Waals surface area contributed by atoms with Gasteiger partial charge in [0.05, 0.1) is 18.1 Å². The fourth-order valence-electron chi connectivity index (χ4n) is 3.50. The molecule has 2 atom stereocenters. The zero-order valence-corrected chi connectivity index (χ0v) is 17.2. The van der Waals surface area contributed by atoms with E-state index < -0.39 is 0 Å². The minimum Gasteiger partial charge on any atom is -0.490 e. The van der Waals surface area contributed by atoms with Crippen molar-refractivity contribution in [1.82, 2.24) is 4.90 Å². The molecule has 3 heteroatoms. The Morgan fingerprint density at radius 3 is 2.56 bits per heavy atom. The molecule has 1 aliphatic carbocycles. The van der Waals surface area contributed by atoms with E-state index in [1.165, 1.54) is 36.8 Å². The van der Waals surface area contributed by atoms with E-state index in [9.17, 15) is 0 Å². The van der Waals surface area contributed by atoms with Crippen molar-refractivity contribution < 1.29 is 4.74 Å². The summed E-state index contributed by atoms with van der Waals surface area (Å²) < 4.78 is 6.43. The van der Waals surface area contributed by atoms with Gasteiger partial charge in [-0.05, 0) is 81.0 Å². The summed E-state index contributed by atoms with van der Waals surface area (Å²) >= 11 is 0. The maximum atomic E-state index is 6.43. The Labute approximate surface area is 154 Å². The number of aryl methyl sites for hydroxylation is 2. The van der Waals surface area contributed by atoms with Crippen molar-refractivity contribution in [2.45, 2.75) is 73.3 Å². The van der Waals surface area contributed by atoms with Crippen LogP contribution >= 0.6 is 0 Å². The smallest absolute Gasteiger partial charge is 0.123 e. The lowest BCUT2D eigenvalue weighted by Crippen LogP contribution is -2.32. The van der Waals surface area contributed by atoms with Gasteiger partial charge in [0.25, 0.3) is 0 Å². The van der Waals surface area contributed by atoms with Crippen LogP contribution in [0.1, 0.15) is 64.5 Å². The highest BCUT2D eigenvalue weighted by Gasteiger charge is 2.31. The van der Waals surface area contributed by atoms with Gasteiger partial charge >= 0.3 is 0 Å². The molecule has 0 N–H and O–H groups in total. The van der Waals surface area contributed by atoms with Gasteiger partial charge in [-0.3, -0.25) is 0 Å². The third kappa shape index (κ3) is 5.49. The topological polar surface area (TPSA) is 24.8 Å². The number of rotatable bonds is 5. The van der Waals surface area contributed by atoms with Crippen molar-refractivity contribution in [3.63, 3.8) is 0 Å². The molecule has 0 bridgehead atoms. The number of ether oxygens (including phenoxy) is 1. The van der Waals surface area contributed by atoms with Gasteiger partial charge in [-0.25, -0.2) is 4.99 Å². The molecule has 1 aromatic rings. The molecular formula is C22H36N2O. The van der Waals surface area contributed by atoms with E-state index in [1.54, 1.807) is 0 Å². The molecule has 25 heavy (non-hydrogen) atoms. The van der Waals surface area contributed by atoms with Crippen LogP contribution in [0.4, 0.5) is 5.69 Å². The lowest BCUT2D eigenvalue weighted by molar-refractivity contribution is 0.0741. The molecule has 1 aromatic carbocycles. The highest BCUT2D eigenvalue weighted by Crippen LogP contribution is 2.39. The van der Waals surface area contributed by atoms with E-state index in [0.29, 0.717) is 11.5 Å². The Morgan fingerprint density at radius 1 is 1.20 bits per heavy atom. The lowest BCUT2D eigenvalue weighted by atomic mass is 9.71. The van der Waals surface area contributed by atoms with E-state index in [-0.39, 0.29) is 0 Å². The summed E-state index contributed by atoms with van der Waals surface area (Å²) in [6.07, 6.45) is 7.19. The molecule has 2 rings (SSSR count). The predicted octanol–water partition coefficient (Wildman–Crippen LogP) is 5.90. The predicted molar refractivity (Wildman–Crippen MR) is 108 cm³/mol. The molecule has 1 fully saturated rings. The van der Waals surface area contributed by atoms with Gasteiger partial charge in [-0.15, -0.1) is 0 Å². The normalized spacial score (nSPS) is 21.6. The molecule has 0 aromatic heterocycles. The minimum atomic E-state index is 0.344. The molecule has 1 aliphatic rings. The van der Waals surface area contributed by atoms with Gasteiger partial charge in [-0.1, -0.05) is 20.8 Å². The Hall–Kier alpha value is -1.51. The molecule has 0 heterocycles. The van der Waals surface area contributed by atoms with Crippen LogP contribution in [-0.4, -0.2) is 30.9 Å². The monoisotopic (exact) mass is 344 g/mol. The molecule has 0 amide bonds. The average molecular weight is 345 g/mol. The number of hydrogen-bond donors (Lipinski definition) is 0. The van der Waals surface area contributed by atoms with E-state index in [4.69, 9.17) is 4.74 Å². The highest BCUT2D eigenvalue weighted by molar-refractivity contribution is 5.64. The Bertz CT molecular complexity index is 601. The fourth-order valence-corrected chi connectivity index (χ4v) is 3.50. The summed E-state index contributed by atoms with van der Waals surface area (Å²) in [5, 5.41) is 0. The zero-order valence-electron chi connectivity index (χ0n) is 17.2. The maximum absolute atomic E-state index is 6.43. The summed E-state index contributed by atoms with van der Waals surface area (Å²) in [6.45, 7) is 14.4. The SMILES string of the molecule is CCN(C)/C=N/c1cc(C)c(OC2CCCC(C(C)(C)C)C2)cc1C. The molecule has 140 valence electrons. The first-order chi connectivity index (χ1) is 11.7. The van der Waals surface area contributed by atoms with Gasteiger partial charge < -0.3 is 9.64 Å². The first-order valence-electron chi connectivity index (χ1n) is 9.73. The molecule has 0 saturated heterocycles. The third-order valence-corrected chi connectivity index (χ3v) is 5.53. The molecular weight excluding hydrogens is 308 g/mol. The molecule has 2 unspecified atom stereocenters. The van der Waals surface area contributed by atoms with Gasteiger partial charge in [0.15, 0.2) is 0 Å². The average Bonchev–Trinajstić information content (AvgIpc) is 2.55. The minimum absolute atomic E-state index is 0.344. The first-order valence-corrected chi connectivity index (χ1v) is 9.73. The molecule has 1 saturated carbocycles. The van der Waals surface area contributed by atoms with E-state index in [1.807, 2.05) is 13.4 Å². The molecule has 0 aliphatic heterocycles. The maximum Gasteiger partial charge on any atom is 0.123 e. The lowest BCUT2D eigenvalue weighted by Gasteiger charge is -2.37. The number of hydrogen-bond acceptors (Lipinski definition) is 2. The van der Waals surface area contributed by atoms with E-state index in [2.05, 4.69) is 63.6 Å². The van der Waals surface area contributed by atoms with Crippen LogP contribution in [0.5, 0.6) is 5.75 Å². The Kier molecular flexibility index (Phi) is 6.53. The van der Waals surface area contributed by atoms with Crippen LogP contribution in [0.2, 0.25) is 0 Å². The summed E-state index contributed by atoms with van der Waals surface area (Å²) in [4.78, 5) is 6.69. The van der Waals surface area contributed by atoms with Crippen molar-refractivity contribution in [2.24, 2.45) is 16.3 Å². The van der Waals surface area contributed by atoms with Crippen LogP contribution in [0.3, 0.4) is 0 Å². The van der Waals surface area contributed by atoms with Crippen LogP contribution in [0.15, 0.2) is 17.1 Å². The van der Waals surface area contributed by atoms with Crippen molar-refractivity contribution in [1.29, 1.82) is 0 Å². The summed E-state index contributed by atoms with van der Waals surface area (Å²) in [6, 6.07) is 4.31. The summed E-state index contributed by atoms with van der Waals surface area (Å²) in [5.74, 6) is 1.78. The Balaban J connectivity index is 2.10. The second kappa shape index (κ2) is 8.25. The third-order valence-electron chi connectivity index (χ3n) is 5.53. The number of nitrogens with zero attached hydrogens (tertiary/aromatic N) is 2. The van der Waals surface area contributed by atoms with Crippen molar-refractivity contribution in [2.75, 3.05) is 13.6 Å². The second-order valence-electron chi connectivity index (χ2n) is 8.69. The standard InChI is InChI=1S/C22H36N2O/c1-8-24(7)15-23-20-12-17(3)21(13-16(20)2)25-19-11-9-10-18(14-19)22(4,5)6/h12-13,15,18-19H,8-11,14H2,1-7H3/b23-15+. The van der Waals surface area contributed by atoms with Gasteiger partial charge in [0.1, 0.15) is 5.75 Å². The largest absolute Gasteiger partial charge is 0.490 e. The van der Waals surface area contributed by atoms with Crippen LogP contribution < -0.4 is 4.74 Å². The zero-order chi connectivity index (χ0) is 18.6. The quantitative estimate of drug-likeness (QED) is 0.491. The Morgan fingerprint density at radius 2 is 1.92 bits per heavy atom. The first kappa shape index (κ1) is 19.8. The molecule has 0 spiro atoms.